The Bertz CT molecular complexity index is 530. The number of halogens is 1. The van der Waals surface area contributed by atoms with Gasteiger partial charge in [-0.2, -0.15) is 0 Å². The maximum Gasteiger partial charge on any atom is 0.241 e. The van der Waals surface area contributed by atoms with E-state index in [-0.39, 0.29) is 5.75 Å². The van der Waals surface area contributed by atoms with E-state index in [2.05, 4.69) is 22.5 Å². The van der Waals surface area contributed by atoms with Gasteiger partial charge < -0.3 is 0 Å². The zero-order valence-corrected chi connectivity index (χ0v) is 12.2. The van der Waals surface area contributed by atoms with Crippen LogP contribution in [0.2, 0.25) is 0 Å². The maximum absolute atomic E-state index is 11.2. The fraction of sp³-hybridized carbons (Fsp3) is 0.0909. The van der Waals surface area contributed by atoms with Crippen LogP contribution in [0, 0.1) is 0 Å². The normalized spacial score (nSPS) is 10.4. The van der Waals surface area contributed by atoms with Crippen molar-refractivity contribution in [1.82, 2.24) is 3.97 Å². The van der Waals surface area contributed by atoms with Crippen molar-refractivity contribution in [2.75, 3.05) is 5.75 Å². The molecule has 0 aliphatic rings. The minimum Gasteiger partial charge on any atom is -0.253 e. The molecule has 0 fully saturated rings. The fourth-order valence-corrected chi connectivity index (χ4v) is 2.90. The van der Waals surface area contributed by atoms with Gasteiger partial charge in [0.05, 0.1) is 9.54 Å². The first-order valence-electron chi connectivity index (χ1n) is 4.72. The van der Waals surface area contributed by atoms with Crippen molar-refractivity contribution in [3.05, 3.63) is 58.5 Å². The van der Waals surface area contributed by atoms with E-state index in [1.807, 2.05) is 17.5 Å². The zero-order chi connectivity index (χ0) is 12.7. The highest BCUT2D eigenvalue weighted by Gasteiger charge is 2.07. The molecule has 2 aromatic rings. The van der Waals surface area contributed by atoms with Gasteiger partial charge in [0.2, 0.25) is 10.0 Å². The van der Waals surface area contributed by atoms with Crippen LogP contribution in [0.25, 0.3) is 0 Å². The van der Waals surface area contributed by atoms with Gasteiger partial charge in [0.1, 0.15) is 0 Å². The molecule has 0 saturated heterocycles. The summed E-state index contributed by atoms with van der Waals surface area (Å²) in [6, 6.07) is 7.36. The second-order valence-electron chi connectivity index (χ2n) is 3.00. The monoisotopic (exact) mass is 333 g/mol. The lowest BCUT2D eigenvalue weighted by molar-refractivity contribution is 0.590. The van der Waals surface area contributed by atoms with E-state index in [0.717, 1.165) is 0 Å². The predicted molar refractivity (Wildman–Crippen MR) is 75.8 cm³/mol. The van der Waals surface area contributed by atoms with E-state index >= 15 is 0 Å². The Kier molecular flexibility index (Phi) is 5.67. The lowest BCUT2D eigenvalue weighted by Gasteiger charge is -2.00. The van der Waals surface area contributed by atoms with Crippen LogP contribution >= 0.6 is 27.3 Å². The van der Waals surface area contributed by atoms with E-state index < -0.39 is 10.0 Å². The molecule has 6 heteroatoms. The van der Waals surface area contributed by atoms with E-state index in [9.17, 15) is 8.42 Å². The first-order valence-corrected chi connectivity index (χ1v) is 8.00. The van der Waals surface area contributed by atoms with Gasteiger partial charge in [-0.05, 0) is 39.5 Å². The third-order valence-corrected chi connectivity index (χ3v) is 4.74. The van der Waals surface area contributed by atoms with Crippen molar-refractivity contribution >= 4 is 37.3 Å². The summed E-state index contributed by atoms with van der Waals surface area (Å²) in [4.78, 5) is 0. The lowest BCUT2D eigenvalue weighted by atomic mass is 10.7. The second-order valence-corrected chi connectivity index (χ2v) is 7.24. The smallest absolute Gasteiger partial charge is 0.241 e. The van der Waals surface area contributed by atoms with E-state index in [1.54, 1.807) is 23.5 Å². The van der Waals surface area contributed by atoms with Crippen LogP contribution < -0.4 is 0 Å². The standard InChI is InChI=1S/C7H9NO2S.C4H3BrS/c1-2-7-11(9,10)8-5-3-4-6-8;5-4-2-1-3-6-4/h2-6H,1,7H2;1-3H. The van der Waals surface area contributed by atoms with Crippen LogP contribution in [0.1, 0.15) is 0 Å². The van der Waals surface area contributed by atoms with Crippen LogP contribution in [0.5, 0.6) is 0 Å². The van der Waals surface area contributed by atoms with Crippen molar-refractivity contribution in [3.63, 3.8) is 0 Å². The second kappa shape index (κ2) is 6.78. The topological polar surface area (TPSA) is 39.1 Å². The van der Waals surface area contributed by atoms with Crippen LogP contribution in [-0.2, 0) is 10.0 Å². The van der Waals surface area contributed by atoms with Crippen molar-refractivity contribution in [2.45, 2.75) is 0 Å². The number of nitrogens with zero attached hydrogens (tertiary/aromatic N) is 1. The largest absolute Gasteiger partial charge is 0.253 e. The molecule has 2 aromatic heterocycles. The number of hydrogen-bond donors (Lipinski definition) is 0. The number of hydrogen-bond acceptors (Lipinski definition) is 3. The summed E-state index contributed by atoms with van der Waals surface area (Å²) in [5, 5.41) is 2.03. The minimum absolute atomic E-state index is 0.0261. The first-order chi connectivity index (χ1) is 8.06. The Morgan fingerprint density at radius 1 is 1.35 bits per heavy atom. The van der Waals surface area contributed by atoms with Gasteiger partial charge in [-0.25, -0.2) is 8.42 Å². The van der Waals surface area contributed by atoms with Crippen molar-refractivity contribution in [3.8, 4) is 0 Å². The molecule has 0 spiro atoms. The highest BCUT2D eigenvalue weighted by molar-refractivity contribution is 9.11. The minimum atomic E-state index is -3.17. The van der Waals surface area contributed by atoms with Crippen LogP contribution in [0.15, 0.2) is 58.5 Å². The van der Waals surface area contributed by atoms with Gasteiger partial charge in [0.25, 0.3) is 0 Å². The lowest BCUT2D eigenvalue weighted by Crippen LogP contribution is -2.12. The summed E-state index contributed by atoms with van der Waals surface area (Å²) >= 11 is 4.99. The molecule has 0 radical (unpaired) electrons. The molecule has 2 heterocycles. The van der Waals surface area contributed by atoms with Crippen LogP contribution in [0.4, 0.5) is 0 Å². The van der Waals surface area contributed by atoms with E-state index in [4.69, 9.17) is 0 Å². The average molecular weight is 334 g/mol. The summed E-state index contributed by atoms with van der Waals surface area (Å²) < 4.78 is 24.7. The van der Waals surface area contributed by atoms with Crippen molar-refractivity contribution < 1.29 is 8.42 Å². The molecule has 0 amide bonds. The molecule has 92 valence electrons. The van der Waals surface area contributed by atoms with E-state index in [1.165, 1.54) is 26.2 Å². The van der Waals surface area contributed by atoms with Gasteiger partial charge in [0.15, 0.2) is 0 Å². The highest BCUT2D eigenvalue weighted by Crippen LogP contribution is 2.14. The third kappa shape index (κ3) is 4.89. The Morgan fingerprint density at radius 2 is 2.00 bits per heavy atom. The molecule has 0 aromatic carbocycles. The van der Waals surface area contributed by atoms with Crippen LogP contribution in [0.3, 0.4) is 0 Å². The summed E-state index contributed by atoms with van der Waals surface area (Å²) in [5.41, 5.74) is 0. The molecule has 2 rings (SSSR count). The number of aromatic nitrogens is 1. The van der Waals surface area contributed by atoms with Gasteiger partial charge >= 0.3 is 0 Å². The summed E-state index contributed by atoms with van der Waals surface area (Å²) in [7, 11) is -3.17. The molecule has 0 aliphatic carbocycles. The van der Waals surface area contributed by atoms with Gasteiger partial charge in [-0.15, -0.1) is 17.9 Å². The molecule has 0 saturated carbocycles. The SMILES string of the molecule is Brc1cccs1.C=CCS(=O)(=O)n1cccc1. The van der Waals surface area contributed by atoms with Crippen molar-refractivity contribution in [1.29, 1.82) is 0 Å². The van der Waals surface area contributed by atoms with E-state index in [0.29, 0.717) is 0 Å². The highest BCUT2D eigenvalue weighted by atomic mass is 79.9. The molecule has 17 heavy (non-hydrogen) atoms. The third-order valence-electron chi connectivity index (χ3n) is 1.71. The maximum atomic E-state index is 11.2. The zero-order valence-electron chi connectivity index (χ0n) is 8.99. The van der Waals surface area contributed by atoms with Crippen LogP contribution in [-0.4, -0.2) is 18.1 Å². The Balaban J connectivity index is 0.000000202. The Labute approximate surface area is 114 Å². The molecule has 3 nitrogen and oxygen atoms in total. The summed E-state index contributed by atoms with van der Waals surface area (Å²) in [6.07, 6.45) is 4.37. The summed E-state index contributed by atoms with van der Waals surface area (Å²) in [6.45, 7) is 3.36. The Morgan fingerprint density at radius 3 is 2.35 bits per heavy atom. The first kappa shape index (κ1) is 14.2. The molecule has 0 aliphatic heterocycles. The molecule has 0 bridgehead atoms. The molecular formula is C11H12BrNO2S2. The molecule has 0 N–H and O–H groups in total. The summed E-state index contributed by atoms with van der Waals surface area (Å²) in [5.74, 6) is -0.0261. The predicted octanol–water partition coefficient (Wildman–Crippen LogP) is 3.36. The van der Waals surface area contributed by atoms with Gasteiger partial charge in [0, 0.05) is 12.4 Å². The van der Waals surface area contributed by atoms with Crippen molar-refractivity contribution in [2.24, 2.45) is 0 Å². The number of thiophene rings is 1. The molecule has 0 atom stereocenters. The fourth-order valence-electron chi connectivity index (χ4n) is 0.998. The molecule has 0 unspecified atom stereocenters. The quantitative estimate of drug-likeness (QED) is 0.808. The van der Waals surface area contributed by atoms with Gasteiger partial charge in [-0.1, -0.05) is 12.1 Å². The molecular weight excluding hydrogens is 322 g/mol. The average Bonchev–Trinajstić information content (AvgIpc) is 2.89. The Hall–Kier alpha value is -0.850. The number of rotatable bonds is 3. The van der Waals surface area contributed by atoms with Gasteiger partial charge in [-0.3, -0.25) is 3.97 Å².